The molecule has 3 aromatic heterocycles. The molecule has 3 aromatic rings. The molecule has 100 valence electrons. The second kappa shape index (κ2) is 5.02. The summed E-state index contributed by atoms with van der Waals surface area (Å²) in [5.41, 5.74) is 10.4. The molecule has 5 heteroatoms. The maximum atomic E-state index is 5.73. The molecule has 3 heterocycles. The van der Waals surface area contributed by atoms with Crippen molar-refractivity contribution in [2.24, 2.45) is 5.73 Å². The molecule has 0 aromatic carbocycles. The van der Waals surface area contributed by atoms with Crippen molar-refractivity contribution in [3.63, 3.8) is 0 Å². The summed E-state index contributed by atoms with van der Waals surface area (Å²) >= 11 is 5.07. The van der Waals surface area contributed by atoms with E-state index in [-0.39, 0.29) is 0 Å². The second-order valence-corrected chi connectivity index (χ2v) is 5.17. The lowest BCUT2D eigenvalue weighted by Crippen LogP contribution is -2.13. The van der Waals surface area contributed by atoms with E-state index in [1.807, 2.05) is 47.9 Å². The molecule has 0 spiro atoms. The zero-order valence-electron chi connectivity index (χ0n) is 11.1. The number of aryl methyl sites for hydroxylation is 1. The van der Waals surface area contributed by atoms with Gasteiger partial charge in [0.1, 0.15) is 11.3 Å². The highest BCUT2D eigenvalue weighted by atomic mass is 32.1. The van der Waals surface area contributed by atoms with E-state index in [4.69, 9.17) is 22.9 Å². The van der Waals surface area contributed by atoms with Crippen LogP contribution in [0.1, 0.15) is 11.3 Å². The minimum absolute atomic E-state index is 0.450. The summed E-state index contributed by atoms with van der Waals surface area (Å²) in [5.74, 6) is 0. The molecule has 4 nitrogen and oxygen atoms in total. The van der Waals surface area contributed by atoms with Crippen molar-refractivity contribution < 1.29 is 0 Å². The smallest absolute Gasteiger partial charge is 0.140 e. The van der Waals surface area contributed by atoms with Crippen LogP contribution < -0.4 is 5.73 Å². The number of hydrogen-bond donors (Lipinski definition) is 1. The summed E-state index contributed by atoms with van der Waals surface area (Å²) in [6.45, 7) is 2.04. The molecule has 0 aliphatic rings. The summed E-state index contributed by atoms with van der Waals surface area (Å²) < 4.78 is 2.04. The fourth-order valence-corrected chi connectivity index (χ4v) is 2.43. The van der Waals surface area contributed by atoms with Crippen LogP contribution in [0.5, 0.6) is 0 Å². The molecule has 0 amide bonds. The number of hydrogen-bond acceptors (Lipinski definition) is 3. The number of aromatic nitrogens is 3. The van der Waals surface area contributed by atoms with Crippen LogP contribution in [-0.4, -0.2) is 19.4 Å². The van der Waals surface area contributed by atoms with Gasteiger partial charge in [-0.2, -0.15) is 0 Å². The van der Waals surface area contributed by atoms with E-state index in [2.05, 4.69) is 4.98 Å². The maximum absolute atomic E-state index is 5.73. The summed E-state index contributed by atoms with van der Waals surface area (Å²) in [7, 11) is 0. The predicted octanol–water partition coefficient (Wildman–Crippen LogP) is 2.53. The van der Waals surface area contributed by atoms with E-state index in [9.17, 15) is 0 Å². The van der Waals surface area contributed by atoms with Crippen molar-refractivity contribution in [3.8, 4) is 11.4 Å². The molecule has 0 aliphatic carbocycles. The van der Waals surface area contributed by atoms with Crippen molar-refractivity contribution >= 4 is 22.9 Å². The van der Waals surface area contributed by atoms with Gasteiger partial charge in [-0.3, -0.25) is 4.98 Å². The van der Waals surface area contributed by atoms with Gasteiger partial charge in [-0.15, -0.1) is 0 Å². The number of fused-ring (bicyclic) bond motifs is 1. The minimum Gasteiger partial charge on any atom is -0.393 e. The largest absolute Gasteiger partial charge is 0.393 e. The Bertz CT molecular complexity index is 777. The van der Waals surface area contributed by atoms with Gasteiger partial charge in [0.2, 0.25) is 0 Å². The highest BCUT2D eigenvalue weighted by Crippen LogP contribution is 2.24. The first-order valence-electron chi connectivity index (χ1n) is 6.33. The number of nitrogens with zero attached hydrogens (tertiary/aromatic N) is 3. The van der Waals surface area contributed by atoms with Crippen molar-refractivity contribution in [2.45, 2.75) is 13.3 Å². The number of nitrogens with two attached hydrogens (primary N) is 1. The van der Waals surface area contributed by atoms with Crippen molar-refractivity contribution in [1.82, 2.24) is 14.4 Å². The predicted molar refractivity (Wildman–Crippen MR) is 83.6 cm³/mol. The summed E-state index contributed by atoms with van der Waals surface area (Å²) in [4.78, 5) is 9.55. The Kier molecular flexibility index (Phi) is 3.20. The van der Waals surface area contributed by atoms with E-state index >= 15 is 0 Å². The van der Waals surface area contributed by atoms with Gasteiger partial charge < -0.3 is 10.1 Å². The maximum Gasteiger partial charge on any atom is 0.140 e. The third-order valence-electron chi connectivity index (χ3n) is 3.19. The van der Waals surface area contributed by atoms with Gasteiger partial charge in [0, 0.05) is 18.8 Å². The van der Waals surface area contributed by atoms with Gasteiger partial charge in [-0.25, -0.2) is 4.98 Å². The summed E-state index contributed by atoms with van der Waals surface area (Å²) in [5, 5.41) is 0. The van der Waals surface area contributed by atoms with E-state index in [1.165, 1.54) is 0 Å². The molecule has 2 N–H and O–H groups in total. The van der Waals surface area contributed by atoms with Crippen LogP contribution in [0.25, 0.3) is 17.0 Å². The van der Waals surface area contributed by atoms with E-state index < -0.39 is 0 Å². The third kappa shape index (κ3) is 2.16. The zero-order valence-corrected chi connectivity index (χ0v) is 11.9. The molecule has 0 unspecified atom stereocenters. The van der Waals surface area contributed by atoms with Crippen LogP contribution in [0.2, 0.25) is 0 Å². The Hall–Kier alpha value is -2.27. The van der Waals surface area contributed by atoms with Gasteiger partial charge in [0.15, 0.2) is 0 Å². The molecule has 0 bridgehead atoms. The van der Waals surface area contributed by atoms with Gasteiger partial charge in [-0.05, 0) is 30.7 Å². The van der Waals surface area contributed by atoms with Crippen molar-refractivity contribution in [2.75, 3.05) is 0 Å². The molecule has 3 rings (SSSR count). The third-order valence-corrected chi connectivity index (χ3v) is 3.34. The fourth-order valence-electron chi connectivity index (χ4n) is 2.29. The quantitative estimate of drug-likeness (QED) is 0.750. The van der Waals surface area contributed by atoms with Crippen LogP contribution >= 0.6 is 12.2 Å². The van der Waals surface area contributed by atoms with Crippen LogP contribution in [0.4, 0.5) is 0 Å². The average Bonchev–Trinajstić information content (AvgIpc) is 2.80. The first kappa shape index (κ1) is 12.7. The van der Waals surface area contributed by atoms with Gasteiger partial charge in [0.05, 0.1) is 16.4 Å². The normalized spacial score (nSPS) is 10.8. The van der Waals surface area contributed by atoms with E-state index in [1.54, 1.807) is 6.20 Å². The van der Waals surface area contributed by atoms with Gasteiger partial charge in [0.25, 0.3) is 0 Å². The molecule has 0 saturated carbocycles. The van der Waals surface area contributed by atoms with Gasteiger partial charge >= 0.3 is 0 Å². The Labute approximate surface area is 122 Å². The number of imidazole rings is 1. The Morgan fingerprint density at radius 3 is 2.85 bits per heavy atom. The molecule has 0 fully saturated rings. The topological polar surface area (TPSA) is 56.2 Å². The Balaban J connectivity index is 2.30. The second-order valence-electron chi connectivity index (χ2n) is 4.65. The molecule has 20 heavy (non-hydrogen) atoms. The lowest BCUT2D eigenvalue weighted by atomic mass is 10.2. The Morgan fingerprint density at radius 2 is 2.15 bits per heavy atom. The van der Waals surface area contributed by atoms with Crippen LogP contribution in [-0.2, 0) is 6.42 Å². The fraction of sp³-hybridized carbons (Fsp3) is 0.133. The SMILES string of the molecule is Cc1cccn2c(CC(N)=S)c(-c3ccccn3)nc12. The Morgan fingerprint density at radius 1 is 1.30 bits per heavy atom. The van der Waals surface area contributed by atoms with Crippen LogP contribution in [0.15, 0.2) is 42.7 Å². The summed E-state index contributed by atoms with van der Waals surface area (Å²) in [6.07, 6.45) is 4.25. The highest BCUT2D eigenvalue weighted by molar-refractivity contribution is 7.80. The van der Waals surface area contributed by atoms with Crippen LogP contribution in [0.3, 0.4) is 0 Å². The lowest BCUT2D eigenvalue weighted by Gasteiger charge is -2.04. The van der Waals surface area contributed by atoms with E-state index in [0.29, 0.717) is 11.4 Å². The molecular formula is C15H14N4S. The number of rotatable bonds is 3. The standard InChI is InChI=1S/C15H14N4S/c1-10-5-4-8-19-12(9-13(16)20)14(18-15(10)19)11-6-2-3-7-17-11/h2-8H,9H2,1H3,(H2,16,20). The van der Waals surface area contributed by atoms with E-state index in [0.717, 1.165) is 28.3 Å². The molecule has 0 atom stereocenters. The molecule has 0 radical (unpaired) electrons. The lowest BCUT2D eigenvalue weighted by molar-refractivity contribution is 1.06. The van der Waals surface area contributed by atoms with Crippen molar-refractivity contribution in [3.05, 3.63) is 54.0 Å². The minimum atomic E-state index is 0.450. The summed E-state index contributed by atoms with van der Waals surface area (Å²) in [6, 6.07) is 9.81. The molecule has 0 aliphatic heterocycles. The van der Waals surface area contributed by atoms with Crippen molar-refractivity contribution in [1.29, 1.82) is 0 Å². The monoisotopic (exact) mass is 282 g/mol. The zero-order chi connectivity index (χ0) is 14.1. The molecular weight excluding hydrogens is 268 g/mol. The first-order valence-corrected chi connectivity index (χ1v) is 6.74. The van der Waals surface area contributed by atoms with Crippen LogP contribution in [0, 0.1) is 6.92 Å². The number of thiocarbonyl (C=S) groups is 1. The first-order chi connectivity index (χ1) is 9.66. The highest BCUT2D eigenvalue weighted by Gasteiger charge is 2.16. The number of pyridine rings is 2. The average molecular weight is 282 g/mol. The molecule has 0 saturated heterocycles. The van der Waals surface area contributed by atoms with Gasteiger partial charge in [-0.1, -0.05) is 24.4 Å².